The van der Waals surface area contributed by atoms with Crippen molar-refractivity contribution in [1.82, 2.24) is 21.3 Å². The third kappa shape index (κ3) is 9.55. The van der Waals surface area contributed by atoms with Crippen molar-refractivity contribution in [2.75, 3.05) is 13.1 Å². The van der Waals surface area contributed by atoms with Gasteiger partial charge in [0.1, 0.15) is 11.8 Å². The molecule has 2 aromatic carbocycles. The maximum atomic E-state index is 12.5. The molecule has 0 saturated heterocycles. The first-order valence-corrected chi connectivity index (χ1v) is 11.4. The van der Waals surface area contributed by atoms with Gasteiger partial charge in [0.15, 0.2) is 0 Å². The molecule has 0 aromatic heterocycles. The molecule has 0 aliphatic carbocycles. The lowest BCUT2D eigenvalue weighted by molar-refractivity contribution is -0.133. The number of nitrogens with one attached hydrogen (secondary N) is 4. The Morgan fingerprint density at radius 2 is 1.51 bits per heavy atom. The van der Waals surface area contributed by atoms with Gasteiger partial charge < -0.3 is 26.8 Å². The number of imide groups is 1. The molecule has 0 spiro atoms. The first-order chi connectivity index (χ1) is 16.7. The summed E-state index contributed by atoms with van der Waals surface area (Å²) in [6, 6.07) is 13.3. The highest BCUT2D eigenvalue weighted by molar-refractivity contribution is 6.00. The Kier molecular flexibility index (Phi) is 10.9. The van der Waals surface area contributed by atoms with Gasteiger partial charge in [-0.2, -0.15) is 0 Å². The minimum Gasteiger partial charge on any atom is -0.508 e. The summed E-state index contributed by atoms with van der Waals surface area (Å²) in [6.45, 7) is 3.45. The van der Waals surface area contributed by atoms with E-state index in [1.54, 1.807) is 12.1 Å². The summed E-state index contributed by atoms with van der Waals surface area (Å²) in [6.07, 6.45) is 0.633. The number of rotatable bonds is 12. The lowest BCUT2D eigenvalue weighted by Gasteiger charge is -2.18. The summed E-state index contributed by atoms with van der Waals surface area (Å²) in [5, 5.41) is 19.6. The summed E-state index contributed by atoms with van der Waals surface area (Å²) in [5.74, 6) is -2.17. The summed E-state index contributed by atoms with van der Waals surface area (Å²) in [5.41, 5.74) is 7.61. The quantitative estimate of drug-likeness (QED) is 0.242. The Morgan fingerprint density at radius 3 is 2.14 bits per heavy atom. The lowest BCUT2D eigenvalue weighted by Crippen LogP contribution is -2.53. The minimum absolute atomic E-state index is 0.108. The van der Waals surface area contributed by atoms with E-state index in [0.717, 1.165) is 11.1 Å². The molecule has 10 nitrogen and oxygen atoms in total. The van der Waals surface area contributed by atoms with E-state index in [4.69, 9.17) is 5.73 Å². The number of amides is 4. The first-order valence-electron chi connectivity index (χ1n) is 11.4. The van der Waals surface area contributed by atoms with E-state index in [1.807, 2.05) is 37.3 Å². The number of nitrogens with two attached hydrogens (primary N) is 1. The molecule has 0 fully saturated rings. The van der Waals surface area contributed by atoms with Crippen LogP contribution in [0.1, 0.15) is 25.0 Å². The first kappa shape index (κ1) is 27.5. The van der Waals surface area contributed by atoms with Gasteiger partial charge in [-0.1, -0.05) is 49.4 Å². The molecule has 0 aliphatic rings. The fourth-order valence-corrected chi connectivity index (χ4v) is 3.31. The van der Waals surface area contributed by atoms with Crippen LogP contribution in [-0.4, -0.2) is 60.0 Å². The lowest BCUT2D eigenvalue weighted by atomic mass is 10.1. The molecule has 0 aliphatic heterocycles. The fraction of sp³-hybridized carbons (Fsp3) is 0.360. The smallest absolute Gasteiger partial charge is 0.245 e. The van der Waals surface area contributed by atoms with Crippen molar-refractivity contribution in [2.45, 2.75) is 44.8 Å². The molecule has 7 N–H and O–H groups in total. The normalized spacial score (nSPS) is 13.2. The summed E-state index contributed by atoms with van der Waals surface area (Å²) < 4.78 is 0. The molecule has 2 aromatic rings. The van der Waals surface area contributed by atoms with E-state index in [1.165, 1.54) is 19.1 Å². The summed E-state index contributed by atoms with van der Waals surface area (Å²) >= 11 is 0. The second-order valence-corrected chi connectivity index (χ2v) is 8.14. The third-order valence-electron chi connectivity index (χ3n) is 5.22. The number of likely N-dealkylation sites (N-methyl/N-ethyl adjacent to an activating group) is 1. The van der Waals surface area contributed by atoms with E-state index in [9.17, 15) is 24.3 Å². The molecular formula is C25H33N5O5. The van der Waals surface area contributed by atoms with E-state index < -0.39 is 48.3 Å². The number of hydrogen-bond acceptors (Lipinski definition) is 7. The molecule has 10 heteroatoms. The zero-order valence-corrected chi connectivity index (χ0v) is 19.9. The Hall–Kier alpha value is -3.76. The van der Waals surface area contributed by atoms with Crippen LogP contribution in [0.3, 0.4) is 0 Å². The van der Waals surface area contributed by atoms with Crippen LogP contribution in [-0.2, 0) is 32.0 Å². The predicted octanol–water partition coefficient (Wildman–Crippen LogP) is -0.253. The van der Waals surface area contributed by atoms with E-state index in [0.29, 0.717) is 13.0 Å². The second-order valence-electron chi connectivity index (χ2n) is 8.14. The molecule has 0 unspecified atom stereocenters. The Bertz CT molecular complexity index is 997. The van der Waals surface area contributed by atoms with Gasteiger partial charge >= 0.3 is 0 Å². The van der Waals surface area contributed by atoms with Crippen LogP contribution in [0.25, 0.3) is 0 Å². The van der Waals surface area contributed by atoms with Crippen molar-refractivity contribution in [3.63, 3.8) is 0 Å². The van der Waals surface area contributed by atoms with Gasteiger partial charge in [0.05, 0.1) is 18.6 Å². The predicted molar refractivity (Wildman–Crippen MR) is 131 cm³/mol. The van der Waals surface area contributed by atoms with E-state index >= 15 is 0 Å². The van der Waals surface area contributed by atoms with Crippen molar-refractivity contribution >= 4 is 23.6 Å². The highest BCUT2D eigenvalue weighted by atomic mass is 16.3. The van der Waals surface area contributed by atoms with Crippen molar-refractivity contribution in [2.24, 2.45) is 5.73 Å². The third-order valence-corrected chi connectivity index (χ3v) is 5.22. The molecule has 0 saturated carbocycles. The average Bonchev–Trinajstić information content (AvgIpc) is 2.84. The van der Waals surface area contributed by atoms with E-state index in [2.05, 4.69) is 21.3 Å². The molecule has 4 amide bonds. The Labute approximate surface area is 204 Å². The van der Waals surface area contributed by atoms with Gasteiger partial charge in [-0.15, -0.1) is 0 Å². The largest absolute Gasteiger partial charge is 0.508 e. The highest BCUT2D eigenvalue weighted by Crippen LogP contribution is 2.11. The number of carbonyl (C=O) groups excluding carboxylic acids is 4. The van der Waals surface area contributed by atoms with Gasteiger partial charge in [0, 0.05) is 0 Å². The second kappa shape index (κ2) is 13.8. The molecule has 0 bridgehead atoms. The van der Waals surface area contributed by atoms with E-state index in [-0.39, 0.29) is 12.2 Å². The standard InChI is InChI=1S/C25H33N5O5/c1-3-27-21(14-17-7-5-4-6-8-17)25(35)30-22(32)15-28-23(33)16(2)29-24(34)20(26)13-18-9-11-19(31)12-10-18/h4-12,16,20-21,27,31H,3,13-15,26H2,1-2H3,(H,28,33)(H,29,34)(H,30,32,35)/t16-,20+,21+/m1/s1. The van der Waals surface area contributed by atoms with Crippen LogP contribution >= 0.6 is 0 Å². The fourth-order valence-electron chi connectivity index (χ4n) is 3.31. The monoisotopic (exact) mass is 483 g/mol. The van der Waals surface area contributed by atoms with Crippen molar-refractivity contribution in [3.05, 3.63) is 65.7 Å². The maximum Gasteiger partial charge on any atom is 0.245 e. The molecule has 3 atom stereocenters. The molecule has 0 heterocycles. The van der Waals surface area contributed by atoms with Crippen molar-refractivity contribution in [3.8, 4) is 5.75 Å². The highest BCUT2D eigenvalue weighted by Gasteiger charge is 2.23. The zero-order valence-electron chi connectivity index (χ0n) is 19.9. The molecule has 0 radical (unpaired) electrons. The summed E-state index contributed by atoms with van der Waals surface area (Å²) in [4.78, 5) is 49.3. The number of hydrogen-bond donors (Lipinski definition) is 6. The van der Waals surface area contributed by atoms with Gasteiger partial charge in [-0.3, -0.25) is 24.5 Å². The minimum atomic E-state index is -0.940. The van der Waals surface area contributed by atoms with Crippen LogP contribution in [0, 0.1) is 0 Å². The van der Waals surface area contributed by atoms with Crippen LogP contribution < -0.4 is 27.0 Å². The number of benzene rings is 2. The van der Waals surface area contributed by atoms with Gasteiger partial charge in [-0.25, -0.2) is 0 Å². The zero-order chi connectivity index (χ0) is 25.8. The molecular weight excluding hydrogens is 450 g/mol. The number of carbonyl (C=O) groups is 4. The molecule has 35 heavy (non-hydrogen) atoms. The van der Waals surface area contributed by atoms with Crippen LogP contribution in [0.2, 0.25) is 0 Å². The SMILES string of the molecule is CCN[C@@H](Cc1ccccc1)C(=O)NC(=O)CNC(=O)[C@@H](C)NC(=O)[C@@H](N)Cc1ccc(O)cc1. The number of phenols is 1. The summed E-state index contributed by atoms with van der Waals surface area (Å²) in [7, 11) is 0. The Balaban J connectivity index is 1.77. The van der Waals surface area contributed by atoms with Crippen LogP contribution in [0.15, 0.2) is 54.6 Å². The Morgan fingerprint density at radius 1 is 0.886 bits per heavy atom. The topological polar surface area (TPSA) is 163 Å². The molecule has 2 rings (SSSR count). The maximum absolute atomic E-state index is 12.5. The van der Waals surface area contributed by atoms with Crippen molar-refractivity contribution in [1.29, 1.82) is 0 Å². The van der Waals surface area contributed by atoms with Gasteiger partial charge in [0.2, 0.25) is 23.6 Å². The van der Waals surface area contributed by atoms with Crippen LogP contribution in [0.5, 0.6) is 5.75 Å². The van der Waals surface area contributed by atoms with Gasteiger partial charge in [0.25, 0.3) is 0 Å². The van der Waals surface area contributed by atoms with Gasteiger partial charge in [-0.05, 0) is 49.6 Å². The number of aromatic hydroxyl groups is 1. The molecule has 188 valence electrons. The van der Waals surface area contributed by atoms with Crippen LogP contribution in [0.4, 0.5) is 0 Å². The van der Waals surface area contributed by atoms with Crippen molar-refractivity contribution < 1.29 is 24.3 Å². The number of phenolic OH excluding ortho intramolecular Hbond substituents is 1. The average molecular weight is 484 g/mol.